The first-order valence-electron chi connectivity index (χ1n) is 12.0. The van der Waals surface area contributed by atoms with E-state index in [2.05, 4.69) is 9.97 Å². The van der Waals surface area contributed by atoms with Crippen molar-refractivity contribution in [3.8, 4) is 5.88 Å². The van der Waals surface area contributed by atoms with E-state index in [0.29, 0.717) is 25.3 Å². The van der Waals surface area contributed by atoms with Gasteiger partial charge in [-0.25, -0.2) is 4.98 Å². The van der Waals surface area contributed by atoms with Crippen molar-refractivity contribution in [2.45, 2.75) is 43.9 Å². The van der Waals surface area contributed by atoms with E-state index < -0.39 is 23.4 Å². The van der Waals surface area contributed by atoms with Crippen LogP contribution in [0, 0.1) is 5.92 Å². The maximum Gasteiger partial charge on any atom is 0.432 e. The summed E-state index contributed by atoms with van der Waals surface area (Å²) >= 11 is 6.08. The molecule has 0 aromatic carbocycles. The number of likely N-dealkylation sites (tertiary alicyclic amines) is 1. The van der Waals surface area contributed by atoms with Gasteiger partial charge in [0, 0.05) is 39.4 Å². The van der Waals surface area contributed by atoms with Crippen molar-refractivity contribution >= 4 is 23.4 Å². The fourth-order valence-electron chi connectivity index (χ4n) is 4.22. The largest absolute Gasteiger partial charge is 0.478 e. The minimum atomic E-state index is -5.20. The number of unbranched alkanes of at least 4 members (excludes halogenated alkanes) is 1. The van der Waals surface area contributed by atoms with Crippen LogP contribution < -0.4 is 4.74 Å². The molecule has 1 atom stereocenters. The van der Waals surface area contributed by atoms with E-state index in [9.17, 15) is 27.9 Å². The number of carbonyl (C=O) groups excluding carboxylic acids is 2. The molecule has 0 aliphatic carbocycles. The summed E-state index contributed by atoms with van der Waals surface area (Å²) in [4.78, 5) is 35.0. The van der Waals surface area contributed by atoms with Crippen molar-refractivity contribution < 1.29 is 32.6 Å². The number of pyridine rings is 2. The van der Waals surface area contributed by atoms with Crippen LogP contribution in [-0.2, 0) is 10.4 Å². The number of ether oxygens (including phenoxy) is 1. The van der Waals surface area contributed by atoms with Gasteiger partial charge in [-0.3, -0.25) is 14.6 Å². The van der Waals surface area contributed by atoms with E-state index in [0.717, 1.165) is 36.4 Å². The van der Waals surface area contributed by atoms with Crippen molar-refractivity contribution in [2.75, 3.05) is 33.8 Å². The van der Waals surface area contributed by atoms with E-state index >= 15 is 0 Å². The summed E-state index contributed by atoms with van der Waals surface area (Å²) in [6, 6.07) is 6.87. The van der Waals surface area contributed by atoms with Crippen molar-refractivity contribution in [1.82, 2.24) is 19.8 Å². The molecule has 0 spiro atoms. The lowest BCUT2D eigenvalue weighted by molar-refractivity contribution is -0.263. The van der Waals surface area contributed by atoms with Gasteiger partial charge in [-0.05, 0) is 49.8 Å². The molecular formula is C25H30ClF3N4O4. The normalized spacial score (nSPS) is 16.2. The Balaban J connectivity index is 1.44. The van der Waals surface area contributed by atoms with E-state index in [1.165, 1.54) is 17.0 Å². The first kappa shape index (κ1) is 28.6. The lowest BCUT2D eigenvalue weighted by Gasteiger charge is -2.38. The summed E-state index contributed by atoms with van der Waals surface area (Å²) in [6.07, 6.45) is -0.617. The third kappa shape index (κ3) is 6.70. The molecule has 1 aliphatic heterocycles. The number of amides is 2. The summed E-state index contributed by atoms with van der Waals surface area (Å²) in [7, 11) is 3.24. The molecule has 3 rings (SSSR count). The number of alkyl halides is 3. The Morgan fingerprint density at radius 3 is 2.43 bits per heavy atom. The van der Waals surface area contributed by atoms with E-state index in [1.54, 1.807) is 26.2 Å². The Bertz CT molecular complexity index is 1080. The number of hydrogen-bond donors (Lipinski definition) is 1. The van der Waals surface area contributed by atoms with Crippen molar-refractivity contribution in [2.24, 2.45) is 5.92 Å². The second-order valence-corrected chi connectivity index (χ2v) is 9.55. The number of aromatic nitrogens is 2. The summed E-state index contributed by atoms with van der Waals surface area (Å²) in [5, 5.41) is 10.5. The summed E-state index contributed by atoms with van der Waals surface area (Å²) in [5.74, 6) is -1.08. The van der Waals surface area contributed by atoms with E-state index in [1.807, 2.05) is 0 Å². The zero-order valence-corrected chi connectivity index (χ0v) is 21.4. The third-order valence-corrected chi connectivity index (χ3v) is 6.66. The number of hydrogen-bond acceptors (Lipinski definition) is 6. The molecule has 3 heterocycles. The minimum Gasteiger partial charge on any atom is -0.478 e. The van der Waals surface area contributed by atoms with Crippen LogP contribution in [0.4, 0.5) is 13.2 Å². The second kappa shape index (κ2) is 12.1. The van der Waals surface area contributed by atoms with Gasteiger partial charge in [0.2, 0.25) is 5.88 Å². The Morgan fingerprint density at radius 2 is 1.86 bits per heavy atom. The van der Waals surface area contributed by atoms with Crippen LogP contribution >= 0.6 is 11.6 Å². The molecule has 37 heavy (non-hydrogen) atoms. The molecule has 2 aromatic heterocycles. The predicted octanol–water partition coefficient (Wildman–Crippen LogP) is 4.07. The molecule has 1 unspecified atom stereocenters. The van der Waals surface area contributed by atoms with Crippen LogP contribution in [0.5, 0.6) is 5.88 Å². The van der Waals surface area contributed by atoms with Crippen LogP contribution in [0.3, 0.4) is 0 Å². The predicted molar refractivity (Wildman–Crippen MR) is 130 cm³/mol. The minimum absolute atomic E-state index is 0.0676. The molecule has 1 N–H and O–H groups in total. The van der Waals surface area contributed by atoms with Crippen LogP contribution in [0.25, 0.3) is 0 Å². The van der Waals surface area contributed by atoms with Gasteiger partial charge in [-0.15, -0.1) is 0 Å². The first-order valence-corrected chi connectivity index (χ1v) is 12.3. The average Bonchev–Trinajstić information content (AvgIpc) is 2.87. The Kier molecular flexibility index (Phi) is 9.36. The number of rotatable bonds is 9. The maximum atomic E-state index is 13.8. The highest BCUT2D eigenvalue weighted by Crippen LogP contribution is 2.40. The summed E-state index contributed by atoms with van der Waals surface area (Å²) in [6.45, 7) is 0.654. The molecule has 0 saturated carbocycles. The number of piperidine rings is 1. The lowest BCUT2D eigenvalue weighted by atomic mass is 9.89. The molecule has 1 saturated heterocycles. The second-order valence-electron chi connectivity index (χ2n) is 9.19. The lowest BCUT2D eigenvalue weighted by Crippen LogP contribution is -2.57. The highest BCUT2D eigenvalue weighted by atomic mass is 35.5. The van der Waals surface area contributed by atoms with Crippen LogP contribution in [0.1, 0.15) is 48.2 Å². The monoisotopic (exact) mass is 542 g/mol. The Labute approximate surface area is 218 Å². The number of aliphatic hydroxyl groups is 1. The standard InChI is InChI=1S/C25H30ClF3N4O4/c1-32(2)22(34)18-9-10-20(31-21(18)26)37-16-6-4-7-17-11-14-33(15-12-17)23(35)24(36,25(27,28)29)19-8-3-5-13-30-19/h3,5,8-10,13,17,36H,4,6-7,11-12,14-16H2,1-2H3. The van der Waals surface area contributed by atoms with Gasteiger partial charge in [0.15, 0.2) is 0 Å². The topological polar surface area (TPSA) is 95.9 Å². The van der Waals surface area contributed by atoms with Crippen molar-refractivity contribution in [3.05, 3.63) is 52.9 Å². The fraction of sp³-hybridized carbons (Fsp3) is 0.520. The maximum absolute atomic E-state index is 13.8. The molecule has 12 heteroatoms. The zero-order valence-electron chi connectivity index (χ0n) is 20.7. The van der Waals surface area contributed by atoms with Gasteiger partial charge in [-0.1, -0.05) is 24.1 Å². The molecule has 0 bridgehead atoms. The molecule has 1 aliphatic rings. The van der Waals surface area contributed by atoms with Gasteiger partial charge in [0.25, 0.3) is 17.4 Å². The number of halogens is 4. The molecule has 0 radical (unpaired) electrons. The zero-order chi connectivity index (χ0) is 27.2. The van der Waals surface area contributed by atoms with Crippen LogP contribution in [0.2, 0.25) is 5.15 Å². The van der Waals surface area contributed by atoms with Crippen molar-refractivity contribution in [3.63, 3.8) is 0 Å². The van der Waals surface area contributed by atoms with Gasteiger partial charge >= 0.3 is 6.18 Å². The average molecular weight is 543 g/mol. The van der Waals surface area contributed by atoms with Crippen LogP contribution in [-0.4, -0.2) is 76.7 Å². The number of nitrogens with zero attached hydrogens (tertiary/aromatic N) is 4. The fourth-order valence-corrected chi connectivity index (χ4v) is 4.44. The van der Waals surface area contributed by atoms with Crippen LogP contribution in [0.15, 0.2) is 36.5 Å². The Hall–Kier alpha value is -2.92. The number of carbonyl (C=O) groups is 2. The first-order chi connectivity index (χ1) is 17.4. The summed E-state index contributed by atoms with van der Waals surface area (Å²) < 4.78 is 46.9. The molecular weight excluding hydrogens is 513 g/mol. The molecule has 2 aromatic rings. The highest BCUT2D eigenvalue weighted by molar-refractivity contribution is 6.32. The van der Waals surface area contributed by atoms with Gasteiger partial charge in [0.1, 0.15) is 5.15 Å². The van der Waals surface area contributed by atoms with Crippen molar-refractivity contribution in [1.29, 1.82) is 0 Å². The van der Waals surface area contributed by atoms with Gasteiger partial charge < -0.3 is 19.6 Å². The molecule has 1 fully saturated rings. The molecule has 2 amide bonds. The molecule has 202 valence electrons. The SMILES string of the molecule is CN(C)C(=O)c1ccc(OCCCCC2CCN(C(=O)C(O)(c3ccccn3)C(F)(F)F)CC2)nc1Cl. The highest BCUT2D eigenvalue weighted by Gasteiger charge is 2.63. The van der Waals surface area contributed by atoms with E-state index in [-0.39, 0.29) is 35.6 Å². The smallest absolute Gasteiger partial charge is 0.432 e. The van der Waals surface area contributed by atoms with Gasteiger partial charge in [-0.2, -0.15) is 13.2 Å². The quantitative estimate of drug-likeness (QED) is 0.379. The van der Waals surface area contributed by atoms with E-state index in [4.69, 9.17) is 16.3 Å². The summed E-state index contributed by atoms with van der Waals surface area (Å²) in [5.41, 5.74) is -4.12. The third-order valence-electron chi connectivity index (χ3n) is 6.37. The van der Waals surface area contributed by atoms with Gasteiger partial charge in [0.05, 0.1) is 17.9 Å². The Morgan fingerprint density at radius 1 is 1.16 bits per heavy atom. The molecule has 8 nitrogen and oxygen atoms in total.